The summed E-state index contributed by atoms with van der Waals surface area (Å²) in [5.41, 5.74) is 0.666. The van der Waals surface area contributed by atoms with Gasteiger partial charge in [-0.15, -0.1) is 0 Å². The predicted octanol–water partition coefficient (Wildman–Crippen LogP) is 3.42. The molecule has 0 bridgehead atoms. The van der Waals surface area contributed by atoms with Gasteiger partial charge in [-0.25, -0.2) is 8.42 Å². The number of ether oxygens (including phenoxy) is 2. The maximum absolute atomic E-state index is 13.8. The average molecular weight is 443 g/mol. The molecule has 0 spiro atoms. The van der Waals surface area contributed by atoms with Crippen LogP contribution in [-0.4, -0.2) is 43.9 Å². The Hall–Kier alpha value is -2.58. The molecule has 31 heavy (non-hydrogen) atoms. The first-order chi connectivity index (χ1) is 15.0. The monoisotopic (exact) mass is 442 g/mol. The van der Waals surface area contributed by atoms with Crippen LogP contribution in [0.2, 0.25) is 0 Å². The molecule has 3 unspecified atom stereocenters. The molecule has 8 heteroatoms. The van der Waals surface area contributed by atoms with E-state index in [-0.39, 0.29) is 22.8 Å². The number of anilines is 1. The summed E-state index contributed by atoms with van der Waals surface area (Å²) in [5, 5.41) is 2.91. The standard InChI is InChI=1S/C23H26N2O5S/c26-23(24-17-7-2-1-3-8-17)20-14-16-6-4-5-9-19(16)25(20)31(27,28)18-10-11-21-22(15-18)30-13-12-29-21/h1-3,7-8,10-11,15-16,19-20H,4-6,9,12-14H2,(H,24,26). The molecule has 3 aliphatic rings. The van der Waals surface area contributed by atoms with E-state index in [0.717, 1.165) is 25.7 Å². The van der Waals surface area contributed by atoms with Crippen molar-refractivity contribution in [1.29, 1.82) is 0 Å². The highest BCUT2D eigenvalue weighted by molar-refractivity contribution is 7.89. The summed E-state index contributed by atoms with van der Waals surface area (Å²) in [6.45, 7) is 0.823. The second-order valence-corrected chi connectivity index (χ2v) is 10.2. The fraction of sp³-hybridized carbons (Fsp3) is 0.435. The number of amides is 1. The zero-order chi connectivity index (χ0) is 21.4. The molecule has 1 saturated heterocycles. The van der Waals surface area contributed by atoms with Crippen molar-refractivity contribution in [2.75, 3.05) is 18.5 Å². The largest absolute Gasteiger partial charge is 0.486 e. The first-order valence-corrected chi connectivity index (χ1v) is 12.3. The second-order valence-electron chi connectivity index (χ2n) is 8.36. The molecular weight excluding hydrogens is 416 g/mol. The SMILES string of the molecule is O=C(Nc1ccccc1)C1CC2CCCCC2N1S(=O)(=O)c1ccc2c(c1)OCCO2. The van der Waals surface area contributed by atoms with E-state index < -0.39 is 16.1 Å². The van der Waals surface area contributed by atoms with Crippen LogP contribution in [0.5, 0.6) is 11.5 Å². The van der Waals surface area contributed by atoms with Crippen molar-refractivity contribution in [3.05, 3.63) is 48.5 Å². The molecule has 2 heterocycles. The molecular formula is C23H26N2O5S. The number of sulfonamides is 1. The number of benzene rings is 2. The normalized spacial score (nSPS) is 25.6. The molecule has 2 aliphatic heterocycles. The smallest absolute Gasteiger partial charge is 0.244 e. The van der Waals surface area contributed by atoms with Crippen LogP contribution in [0.4, 0.5) is 5.69 Å². The predicted molar refractivity (Wildman–Crippen MR) is 116 cm³/mol. The number of nitrogens with zero attached hydrogens (tertiary/aromatic N) is 1. The minimum absolute atomic E-state index is 0.139. The summed E-state index contributed by atoms with van der Waals surface area (Å²) in [6.07, 6.45) is 4.33. The summed E-state index contributed by atoms with van der Waals surface area (Å²) in [4.78, 5) is 13.4. The fourth-order valence-electron chi connectivity index (χ4n) is 5.04. The van der Waals surface area contributed by atoms with E-state index >= 15 is 0 Å². The number of fused-ring (bicyclic) bond motifs is 2. The molecule has 1 N–H and O–H groups in total. The Morgan fingerprint density at radius 3 is 2.52 bits per heavy atom. The Morgan fingerprint density at radius 1 is 0.968 bits per heavy atom. The lowest BCUT2D eigenvalue weighted by atomic mass is 9.85. The molecule has 0 aromatic heterocycles. The van der Waals surface area contributed by atoms with Crippen LogP contribution in [0.1, 0.15) is 32.1 Å². The zero-order valence-electron chi connectivity index (χ0n) is 17.2. The van der Waals surface area contributed by atoms with Gasteiger partial charge in [-0.2, -0.15) is 4.31 Å². The van der Waals surface area contributed by atoms with Crippen LogP contribution >= 0.6 is 0 Å². The van der Waals surface area contributed by atoms with Crippen LogP contribution in [0, 0.1) is 5.92 Å². The summed E-state index contributed by atoms with van der Waals surface area (Å²) in [7, 11) is -3.89. The summed E-state index contributed by atoms with van der Waals surface area (Å²) < 4.78 is 40.2. The molecule has 2 aromatic rings. The maximum Gasteiger partial charge on any atom is 0.244 e. The minimum Gasteiger partial charge on any atom is -0.486 e. The first kappa shape index (κ1) is 20.3. The van der Waals surface area contributed by atoms with Crippen molar-refractivity contribution in [3.63, 3.8) is 0 Å². The van der Waals surface area contributed by atoms with Gasteiger partial charge >= 0.3 is 0 Å². The minimum atomic E-state index is -3.89. The lowest BCUT2D eigenvalue weighted by Crippen LogP contribution is -2.47. The number of nitrogens with one attached hydrogen (secondary N) is 1. The number of carbonyl (C=O) groups is 1. The van der Waals surface area contributed by atoms with Crippen LogP contribution in [0.15, 0.2) is 53.4 Å². The van der Waals surface area contributed by atoms with E-state index in [1.54, 1.807) is 24.3 Å². The average Bonchev–Trinajstić information content (AvgIpc) is 3.20. The number of hydrogen-bond donors (Lipinski definition) is 1. The Kier molecular flexibility index (Phi) is 5.35. The van der Waals surface area contributed by atoms with Crippen LogP contribution in [-0.2, 0) is 14.8 Å². The third-order valence-electron chi connectivity index (χ3n) is 6.46. The van der Waals surface area contributed by atoms with Gasteiger partial charge in [0.2, 0.25) is 15.9 Å². The molecule has 2 aromatic carbocycles. The Labute approximate surface area is 182 Å². The number of carbonyl (C=O) groups excluding carboxylic acids is 1. The van der Waals surface area contributed by atoms with E-state index in [2.05, 4.69) is 5.32 Å². The van der Waals surface area contributed by atoms with Crippen molar-refractivity contribution in [2.45, 2.75) is 49.1 Å². The summed E-state index contributed by atoms with van der Waals surface area (Å²) in [5.74, 6) is 0.895. The third-order valence-corrected chi connectivity index (χ3v) is 8.39. The zero-order valence-corrected chi connectivity index (χ0v) is 18.0. The Bertz CT molecular complexity index is 1070. The highest BCUT2D eigenvalue weighted by Crippen LogP contribution is 2.44. The molecule has 1 amide bonds. The van der Waals surface area contributed by atoms with Crippen molar-refractivity contribution in [2.24, 2.45) is 5.92 Å². The van der Waals surface area contributed by atoms with Gasteiger partial charge in [-0.05, 0) is 49.4 Å². The Balaban J connectivity index is 1.49. The van der Waals surface area contributed by atoms with Gasteiger partial charge in [0.1, 0.15) is 19.3 Å². The van der Waals surface area contributed by atoms with Crippen molar-refractivity contribution >= 4 is 21.6 Å². The van der Waals surface area contributed by atoms with Crippen LogP contribution in [0.25, 0.3) is 0 Å². The number of para-hydroxylation sites is 1. The summed E-state index contributed by atoms with van der Waals surface area (Å²) >= 11 is 0. The highest BCUT2D eigenvalue weighted by Gasteiger charge is 2.51. The third kappa shape index (κ3) is 3.78. The van der Waals surface area contributed by atoms with Gasteiger partial charge in [0.25, 0.3) is 0 Å². The van der Waals surface area contributed by atoms with Crippen LogP contribution in [0.3, 0.4) is 0 Å². The van der Waals surface area contributed by atoms with Gasteiger partial charge in [0.15, 0.2) is 11.5 Å². The van der Waals surface area contributed by atoms with E-state index in [1.165, 1.54) is 10.4 Å². The van der Waals surface area contributed by atoms with E-state index in [9.17, 15) is 13.2 Å². The maximum atomic E-state index is 13.8. The van der Waals surface area contributed by atoms with Gasteiger partial charge < -0.3 is 14.8 Å². The van der Waals surface area contributed by atoms with Gasteiger partial charge in [-0.3, -0.25) is 4.79 Å². The van der Waals surface area contributed by atoms with E-state index in [0.29, 0.717) is 36.8 Å². The molecule has 2 fully saturated rings. The quantitative estimate of drug-likeness (QED) is 0.784. The molecule has 0 radical (unpaired) electrons. The molecule has 5 rings (SSSR count). The van der Waals surface area contributed by atoms with Gasteiger partial charge in [-0.1, -0.05) is 31.0 Å². The molecule has 3 atom stereocenters. The lowest BCUT2D eigenvalue weighted by molar-refractivity contribution is -0.119. The molecule has 164 valence electrons. The molecule has 1 saturated carbocycles. The van der Waals surface area contributed by atoms with Crippen molar-refractivity contribution in [1.82, 2.24) is 4.31 Å². The van der Waals surface area contributed by atoms with E-state index in [4.69, 9.17) is 9.47 Å². The lowest BCUT2D eigenvalue weighted by Gasteiger charge is -2.33. The number of hydrogen-bond acceptors (Lipinski definition) is 5. The van der Waals surface area contributed by atoms with E-state index in [1.807, 2.05) is 18.2 Å². The number of rotatable bonds is 4. The molecule has 1 aliphatic carbocycles. The van der Waals surface area contributed by atoms with Gasteiger partial charge in [0.05, 0.1) is 4.90 Å². The molecule has 7 nitrogen and oxygen atoms in total. The van der Waals surface area contributed by atoms with Gasteiger partial charge in [0, 0.05) is 17.8 Å². The highest BCUT2D eigenvalue weighted by atomic mass is 32.2. The fourth-order valence-corrected chi connectivity index (χ4v) is 6.93. The van der Waals surface area contributed by atoms with Crippen molar-refractivity contribution < 1.29 is 22.7 Å². The summed E-state index contributed by atoms with van der Waals surface area (Å²) in [6, 6.07) is 13.0. The van der Waals surface area contributed by atoms with Crippen LogP contribution < -0.4 is 14.8 Å². The first-order valence-electron chi connectivity index (χ1n) is 10.8. The second kappa shape index (κ2) is 8.16. The topological polar surface area (TPSA) is 84.9 Å². The van der Waals surface area contributed by atoms with Crippen molar-refractivity contribution in [3.8, 4) is 11.5 Å². The Morgan fingerprint density at radius 2 is 1.71 bits per heavy atom.